The first-order valence-corrected chi connectivity index (χ1v) is 15.0. The van der Waals surface area contributed by atoms with Gasteiger partial charge in [0.15, 0.2) is 11.5 Å². The third-order valence-electron chi connectivity index (χ3n) is 7.17. The lowest BCUT2D eigenvalue weighted by Crippen LogP contribution is -2.26. The molecule has 1 N–H and O–H groups in total. The number of aromatic amines is 1. The topological polar surface area (TPSA) is 98.3 Å². The van der Waals surface area contributed by atoms with Crippen molar-refractivity contribution < 1.29 is 17.3 Å². The summed E-state index contributed by atoms with van der Waals surface area (Å²) in [4.78, 5) is 23.0. The van der Waals surface area contributed by atoms with Gasteiger partial charge in [0.25, 0.3) is 5.56 Å². The Kier molecular flexibility index (Phi) is 6.86. The predicted octanol–water partition coefficient (Wildman–Crippen LogP) is 6.28. The van der Waals surface area contributed by atoms with Gasteiger partial charge in [-0.25, -0.2) is 4.98 Å². The Balaban J connectivity index is 1.50. The second kappa shape index (κ2) is 9.85. The van der Waals surface area contributed by atoms with Crippen LogP contribution in [0.2, 0.25) is 0 Å². The number of aromatic nitrogens is 2. The molecule has 1 aliphatic carbocycles. The molecule has 9 heteroatoms. The predicted molar refractivity (Wildman–Crippen MR) is 151 cm³/mol. The van der Waals surface area contributed by atoms with Gasteiger partial charge in [0, 0.05) is 10.4 Å². The van der Waals surface area contributed by atoms with Crippen molar-refractivity contribution in [1.82, 2.24) is 9.97 Å². The molecule has 0 bridgehead atoms. The fraction of sp³-hybridized carbons (Fsp3) is 0.379. The number of hydrogen-bond donors (Lipinski definition) is 1. The third-order valence-corrected chi connectivity index (χ3v) is 9.57. The van der Waals surface area contributed by atoms with Crippen LogP contribution in [0, 0.1) is 18.3 Å². The number of nitrogens with zero attached hydrogens (tertiary/aromatic N) is 1. The van der Waals surface area contributed by atoms with E-state index in [0.29, 0.717) is 29.3 Å². The fourth-order valence-corrected chi connectivity index (χ4v) is 7.16. The number of benzene rings is 2. The van der Waals surface area contributed by atoms with E-state index in [1.54, 1.807) is 42.5 Å². The maximum absolute atomic E-state index is 13.2. The molecule has 4 aromatic rings. The Morgan fingerprint density at radius 2 is 1.84 bits per heavy atom. The van der Waals surface area contributed by atoms with Crippen LogP contribution in [-0.4, -0.2) is 25.0 Å². The van der Waals surface area contributed by atoms with Crippen molar-refractivity contribution in [2.24, 2.45) is 11.3 Å². The number of fused-ring (bicyclic) bond motifs is 3. The molecule has 38 heavy (non-hydrogen) atoms. The van der Waals surface area contributed by atoms with Gasteiger partial charge in [-0.3, -0.25) is 4.79 Å². The zero-order valence-electron chi connectivity index (χ0n) is 22.3. The molecule has 0 saturated carbocycles. The normalized spacial score (nSPS) is 15.9. The average molecular weight is 553 g/mol. The molecule has 1 atom stereocenters. The molecule has 200 valence electrons. The van der Waals surface area contributed by atoms with E-state index in [-0.39, 0.29) is 27.4 Å². The lowest BCUT2D eigenvalue weighted by molar-refractivity contribution is 0.218. The Hall–Kier alpha value is -3.17. The first-order valence-electron chi connectivity index (χ1n) is 12.8. The summed E-state index contributed by atoms with van der Waals surface area (Å²) in [5.74, 6) is 1.29. The van der Waals surface area contributed by atoms with E-state index in [4.69, 9.17) is 13.9 Å². The number of thiophene rings is 1. The van der Waals surface area contributed by atoms with Gasteiger partial charge in [0.1, 0.15) is 15.6 Å². The molecular formula is C29H32N2O5S2. The number of H-pyrrole nitrogens is 1. The maximum Gasteiger partial charge on any atom is 0.339 e. The molecule has 1 aliphatic rings. The molecule has 7 nitrogen and oxygen atoms in total. The minimum Gasteiger partial charge on any atom is -0.490 e. The van der Waals surface area contributed by atoms with E-state index < -0.39 is 10.1 Å². The van der Waals surface area contributed by atoms with Crippen molar-refractivity contribution in [3.8, 4) is 22.9 Å². The molecule has 0 aliphatic heterocycles. The maximum atomic E-state index is 13.2. The van der Waals surface area contributed by atoms with Gasteiger partial charge in [-0.05, 0) is 80.3 Å². The highest BCUT2D eigenvalue weighted by atomic mass is 32.2. The quantitative estimate of drug-likeness (QED) is 0.283. The van der Waals surface area contributed by atoms with E-state index in [2.05, 4.69) is 25.8 Å². The summed E-state index contributed by atoms with van der Waals surface area (Å²) in [6.45, 7) is 10.8. The van der Waals surface area contributed by atoms with Crippen molar-refractivity contribution in [2.75, 3.05) is 6.61 Å². The summed E-state index contributed by atoms with van der Waals surface area (Å²) in [5, 5.41) is 0.690. The standard InChI is InChI=1S/C29H32N2O5S2/c1-6-35-23-15-18(9-14-22(23)36-38(33,34)20-11-7-17(2)8-12-20)26-30-27(32)25-21-13-10-19(29(3,4)5)16-24(21)37-28(25)31-26/h7-9,11-12,14-15,19H,6,10,13,16H2,1-5H3,(H,30,31,32). The average Bonchev–Trinajstić information content (AvgIpc) is 3.23. The largest absolute Gasteiger partial charge is 0.490 e. The van der Waals surface area contributed by atoms with Crippen molar-refractivity contribution in [3.05, 3.63) is 68.8 Å². The van der Waals surface area contributed by atoms with Gasteiger partial charge < -0.3 is 13.9 Å². The monoisotopic (exact) mass is 552 g/mol. The van der Waals surface area contributed by atoms with Crippen LogP contribution in [0.5, 0.6) is 11.5 Å². The highest BCUT2D eigenvalue weighted by molar-refractivity contribution is 7.87. The molecule has 0 saturated heterocycles. The third kappa shape index (κ3) is 5.09. The van der Waals surface area contributed by atoms with Gasteiger partial charge in [-0.15, -0.1) is 11.3 Å². The van der Waals surface area contributed by atoms with E-state index in [1.165, 1.54) is 23.1 Å². The zero-order chi connectivity index (χ0) is 27.2. The summed E-state index contributed by atoms with van der Waals surface area (Å²) in [6.07, 6.45) is 2.91. The lowest BCUT2D eigenvalue weighted by atomic mass is 9.72. The SMILES string of the molecule is CCOc1cc(-c2nc3sc4c(c3c(=O)[nH]2)CCC(C(C)(C)C)C4)ccc1OS(=O)(=O)c1ccc(C)cc1. The van der Waals surface area contributed by atoms with Crippen LogP contribution in [0.4, 0.5) is 0 Å². The molecule has 0 fully saturated rings. The Morgan fingerprint density at radius 3 is 2.53 bits per heavy atom. The summed E-state index contributed by atoms with van der Waals surface area (Å²) >= 11 is 1.60. The second-order valence-electron chi connectivity index (χ2n) is 10.8. The van der Waals surface area contributed by atoms with Crippen LogP contribution >= 0.6 is 11.3 Å². The number of aryl methyl sites for hydroxylation is 2. The highest BCUT2D eigenvalue weighted by Gasteiger charge is 2.32. The molecule has 2 aromatic carbocycles. The van der Waals surface area contributed by atoms with Crippen molar-refractivity contribution in [2.45, 2.75) is 58.8 Å². The minimum atomic E-state index is -4.05. The molecule has 0 radical (unpaired) electrons. The van der Waals surface area contributed by atoms with Crippen LogP contribution in [0.25, 0.3) is 21.6 Å². The van der Waals surface area contributed by atoms with Crippen LogP contribution in [0.15, 0.2) is 52.2 Å². The van der Waals surface area contributed by atoms with E-state index in [1.807, 2.05) is 6.92 Å². The minimum absolute atomic E-state index is 0.0569. The molecule has 2 heterocycles. The lowest BCUT2D eigenvalue weighted by Gasteiger charge is -2.33. The molecular weight excluding hydrogens is 520 g/mol. The summed E-state index contributed by atoms with van der Waals surface area (Å²) in [5.41, 5.74) is 2.74. The van der Waals surface area contributed by atoms with Gasteiger partial charge in [-0.1, -0.05) is 38.5 Å². The zero-order valence-corrected chi connectivity index (χ0v) is 23.9. The van der Waals surface area contributed by atoms with Crippen LogP contribution < -0.4 is 14.5 Å². The first kappa shape index (κ1) is 26.4. The van der Waals surface area contributed by atoms with Crippen molar-refractivity contribution in [1.29, 1.82) is 0 Å². The van der Waals surface area contributed by atoms with Gasteiger partial charge in [0.05, 0.1) is 12.0 Å². The van der Waals surface area contributed by atoms with Gasteiger partial charge in [-0.2, -0.15) is 8.42 Å². The Morgan fingerprint density at radius 1 is 1.11 bits per heavy atom. The van der Waals surface area contributed by atoms with Crippen LogP contribution in [-0.2, 0) is 23.0 Å². The van der Waals surface area contributed by atoms with Crippen LogP contribution in [0.1, 0.15) is 50.1 Å². The van der Waals surface area contributed by atoms with Crippen molar-refractivity contribution >= 4 is 31.7 Å². The molecule has 0 amide bonds. The highest BCUT2D eigenvalue weighted by Crippen LogP contribution is 2.42. The number of nitrogens with one attached hydrogen (secondary N) is 1. The summed E-state index contributed by atoms with van der Waals surface area (Å²) < 4.78 is 36.9. The van der Waals surface area contributed by atoms with E-state index >= 15 is 0 Å². The summed E-state index contributed by atoms with van der Waals surface area (Å²) in [7, 11) is -4.05. The molecule has 0 spiro atoms. The fourth-order valence-electron chi connectivity index (χ4n) is 4.92. The first-order chi connectivity index (χ1) is 18.0. The number of ether oxygens (including phenoxy) is 1. The molecule has 2 aromatic heterocycles. The van der Waals surface area contributed by atoms with Gasteiger partial charge >= 0.3 is 10.1 Å². The molecule has 5 rings (SSSR count). The van der Waals surface area contributed by atoms with Crippen LogP contribution in [0.3, 0.4) is 0 Å². The number of rotatable bonds is 6. The number of hydrogen-bond acceptors (Lipinski definition) is 7. The second-order valence-corrected chi connectivity index (χ2v) is 13.5. The Bertz CT molecular complexity index is 1660. The van der Waals surface area contributed by atoms with Gasteiger partial charge in [0.2, 0.25) is 0 Å². The Labute approximate surface area is 227 Å². The smallest absolute Gasteiger partial charge is 0.339 e. The van der Waals surface area contributed by atoms with Crippen molar-refractivity contribution in [3.63, 3.8) is 0 Å². The molecule has 1 unspecified atom stereocenters. The van der Waals surface area contributed by atoms with E-state index in [0.717, 1.165) is 35.2 Å². The van der Waals surface area contributed by atoms with E-state index in [9.17, 15) is 13.2 Å². The summed E-state index contributed by atoms with van der Waals surface area (Å²) in [6, 6.07) is 11.3.